The van der Waals surface area contributed by atoms with Crippen molar-refractivity contribution >= 4 is 11.3 Å². The summed E-state index contributed by atoms with van der Waals surface area (Å²) in [6.07, 6.45) is 2.64. The molecule has 3 heteroatoms. The summed E-state index contributed by atoms with van der Waals surface area (Å²) in [6, 6.07) is 12.7. The van der Waals surface area contributed by atoms with E-state index in [1.54, 1.807) is 11.3 Å². The highest BCUT2D eigenvalue weighted by Crippen LogP contribution is 2.28. The third-order valence-corrected chi connectivity index (χ3v) is 4.84. The van der Waals surface area contributed by atoms with Crippen LogP contribution in [0.4, 0.5) is 0 Å². The molecule has 1 aromatic carbocycles. The first-order chi connectivity index (χ1) is 9.85. The largest absolute Gasteiger partial charge is 0.490 e. The number of hydrogen-bond donors (Lipinski definition) is 0. The first-order valence-electron chi connectivity index (χ1n) is 7.38. The Labute approximate surface area is 125 Å². The quantitative estimate of drug-likeness (QED) is 0.832. The molecule has 1 saturated heterocycles. The van der Waals surface area contributed by atoms with Crippen LogP contribution in [0, 0.1) is 0 Å². The molecule has 0 unspecified atom stereocenters. The number of nitrogens with zero attached hydrogens (tertiary/aromatic N) is 1. The predicted molar refractivity (Wildman–Crippen MR) is 85.5 cm³/mol. The fourth-order valence-electron chi connectivity index (χ4n) is 2.70. The summed E-state index contributed by atoms with van der Waals surface area (Å²) in [5, 5.41) is 2.11. The van der Waals surface area contributed by atoms with Gasteiger partial charge in [0.25, 0.3) is 0 Å². The van der Waals surface area contributed by atoms with Crippen LogP contribution >= 0.6 is 11.3 Å². The monoisotopic (exact) mass is 287 g/mol. The second kappa shape index (κ2) is 6.42. The van der Waals surface area contributed by atoms with Crippen molar-refractivity contribution in [2.75, 3.05) is 19.6 Å². The van der Waals surface area contributed by atoms with Gasteiger partial charge < -0.3 is 9.64 Å². The van der Waals surface area contributed by atoms with Crippen molar-refractivity contribution in [2.24, 2.45) is 0 Å². The molecule has 0 amide bonds. The van der Waals surface area contributed by atoms with Gasteiger partial charge in [-0.1, -0.05) is 25.1 Å². The van der Waals surface area contributed by atoms with Gasteiger partial charge >= 0.3 is 0 Å². The first kappa shape index (κ1) is 13.7. The van der Waals surface area contributed by atoms with Crippen LogP contribution < -0.4 is 4.74 Å². The molecule has 0 N–H and O–H groups in total. The average molecular weight is 287 g/mol. The van der Waals surface area contributed by atoms with Crippen LogP contribution in [0.15, 0.2) is 41.8 Å². The summed E-state index contributed by atoms with van der Waals surface area (Å²) in [5.41, 5.74) is 1.25. The zero-order chi connectivity index (χ0) is 13.8. The molecule has 2 nitrogen and oxygen atoms in total. The lowest BCUT2D eigenvalue weighted by molar-refractivity contribution is 0.104. The number of thiophene rings is 1. The Balaban J connectivity index is 1.65. The zero-order valence-corrected chi connectivity index (χ0v) is 12.7. The zero-order valence-electron chi connectivity index (χ0n) is 11.9. The first-order valence-corrected chi connectivity index (χ1v) is 8.26. The number of rotatable bonds is 4. The molecule has 0 bridgehead atoms. The maximum Gasteiger partial charge on any atom is 0.120 e. The predicted octanol–water partition coefficient (Wildman–Crippen LogP) is 4.28. The Kier molecular flexibility index (Phi) is 4.38. The van der Waals surface area contributed by atoms with E-state index in [0.717, 1.165) is 38.2 Å². The van der Waals surface area contributed by atoms with Crippen LogP contribution in [-0.4, -0.2) is 30.6 Å². The summed E-state index contributed by atoms with van der Waals surface area (Å²) < 4.78 is 6.16. The van der Waals surface area contributed by atoms with Gasteiger partial charge in [0.1, 0.15) is 11.9 Å². The normalized spacial score (nSPS) is 17.2. The van der Waals surface area contributed by atoms with E-state index < -0.39 is 0 Å². The summed E-state index contributed by atoms with van der Waals surface area (Å²) >= 11 is 1.77. The van der Waals surface area contributed by atoms with Gasteiger partial charge in [-0.05, 0) is 48.5 Å². The molecule has 1 aliphatic heterocycles. The molecule has 1 aromatic heterocycles. The smallest absolute Gasteiger partial charge is 0.120 e. The van der Waals surface area contributed by atoms with E-state index in [-0.39, 0.29) is 0 Å². The van der Waals surface area contributed by atoms with Crippen LogP contribution in [0.3, 0.4) is 0 Å². The van der Waals surface area contributed by atoms with E-state index in [1.807, 2.05) is 0 Å². The second-order valence-corrected chi connectivity index (χ2v) is 6.20. The van der Waals surface area contributed by atoms with Gasteiger partial charge in [0, 0.05) is 18.0 Å². The lowest BCUT2D eigenvalue weighted by Gasteiger charge is -2.31. The SMILES string of the molecule is CCN1CCC(Oc2cccc(-c3cccs3)c2)CC1. The minimum absolute atomic E-state index is 0.372. The minimum Gasteiger partial charge on any atom is -0.490 e. The molecule has 0 saturated carbocycles. The molecule has 106 valence electrons. The van der Waals surface area contributed by atoms with E-state index in [1.165, 1.54) is 10.4 Å². The number of hydrogen-bond acceptors (Lipinski definition) is 3. The Hall–Kier alpha value is -1.32. The van der Waals surface area contributed by atoms with Gasteiger partial charge in [0.2, 0.25) is 0 Å². The molecular weight excluding hydrogens is 266 g/mol. The van der Waals surface area contributed by atoms with E-state index in [0.29, 0.717) is 6.10 Å². The third-order valence-electron chi connectivity index (χ3n) is 3.92. The number of piperidine rings is 1. The highest BCUT2D eigenvalue weighted by atomic mass is 32.1. The fourth-order valence-corrected chi connectivity index (χ4v) is 3.43. The number of ether oxygens (including phenoxy) is 1. The van der Waals surface area contributed by atoms with Crippen molar-refractivity contribution in [1.82, 2.24) is 4.90 Å². The third kappa shape index (κ3) is 3.22. The van der Waals surface area contributed by atoms with Crippen molar-refractivity contribution < 1.29 is 4.74 Å². The van der Waals surface area contributed by atoms with E-state index in [2.05, 4.69) is 53.6 Å². The Morgan fingerprint density at radius 3 is 2.75 bits per heavy atom. The molecule has 0 atom stereocenters. The summed E-state index contributed by atoms with van der Waals surface area (Å²) in [5.74, 6) is 1.01. The van der Waals surface area contributed by atoms with Gasteiger partial charge in [-0.25, -0.2) is 0 Å². The van der Waals surface area contributed by atoms with Crippen LogP contribution in [0.1, 0.15) is 19.8 Å². The molecule has 0 aliphatic carbocycles. The maximum absolute atomic E-state index is 6.16. The molecule has 2 aromatic rings. The van der Waals surface area contributed by atoms with Gasteiger partial charge in [0.15, 0.2) is 0 Å². The Morgan fingerprint density at radius 1 is 1.20 bits per heavy atom. The Bertz CT molecular complexity index is 530. The minimum atomic E-state index is 0.372. The van der Waals surface area contributed by atoms with E-state index >= 15 is 0 Å². The van der Waals surface area contributed by atoms with Crippen molar-refractivity contribution in [1.29, 1.82) is 0 Å². The maximum atomic E-state index is 6.16. The Morgan fingerprint density at radius 2 is 2.05 bits per heavy atom. The average Bonchev–Trinajstić information content (AvgIpc) is 3.03. The van der Waals surface area contributed by atoms with Crippen molar-refractivity contribution in [3.8, 4) is 16.2 Å². The van der Waals surface area contributed by atoms with Crippen LogP contribution in [0.25, 0.3) is 10.4 Å². The van der Waals surface area contributed by atoms with Gasteiger partial charge in [-0.2, -0.15) is 0 Å². The van der Waals surface area contributed by atoms with Gasteiger partial charge in [0.05, 0.1) is 0 Å². The van der Waals surface area contributed by atoms with Crippen LogP contribution in [0.2, 0.25) is 0 Å². The van der Waals surface area contributed by atoms with Gasteiger partial charge in [-0.3, -0.25) is 0 Å². The fraction of sp³-hybridized carbons (Fsp3) is 0.412. The van der Waals surface area contributed by atoms with Crippen molar-refractivity contribution in [3.63, 3.8) is 0 Å². The van der Waals surface area contributed by atoms with Crippen molar-refractivity contribution in [2.45, 2.75) is 25.9 Å². The molecule has 1 aliphatic rings. The number of likely N-dealkylation sites (tertiary alicyclic amines) is 1. The summed E-state index contributed by atoms with van der Waals surface area (Å²) in [7, 11) is 0. The van der Waals surface area contributed by atoms with Crippen LogP contribution in [-0.2, 0) is 0 Å². The highest BCUT2D eigenvalue weighted by molar-refractivity contribution is 7.13. The molecule has 2 heterocycles. The lowest BCUT2D eigenvalue weighted by Crippen LogP contribution is -2.37. The second-order valence-electron chi connectivity index (χ2n) is 5.26. The topological polar surface area (TPSA) is 12.5 Å². The summed E-state index contributed by atoms with van der Waals surface area (Å²) in [6.45, 7) is 5.70. The number of benzene rings is 1. The molecule has 0 spiro atoms. The highest BCUT2D eigenvalue weighted by Gasteiger charge is 2.19. The van der Waals surface area contributed by atoms with Crippen LogP contribution in [0.5, 0.6) is 5.75 Å². The molecule has 20 heavy (non-hydrogen) atoms. The van der Waals surface area contributed by atoms with E-state index in [9.17, 15) is 0 Å². The van der Waals surface area contributed by atoms with Gasteiger partial charge in [-0.15, -0.1) is 11.3 Å². The molecule has 1 fully saturated rings. The summed E-state index contributed by atoms with van der Waals surface area (Å²) in [4.78, 5) is 3.79. The van der Waals surface area contributed by atoms with Crippen molar-refractivity contribution in [3.05, 3.63) is 41.8 Å². The molecular formula is C17H21NOS. The molecule has 3 rings (SSSR count). The lowest BCUT2D eigenvalue weighted by atomic mass is 10.1. The standard InChI is InChI=1S/C17H21NOS/c1-2-18-10-8-15(9-11-18)19-16-6-3-5-14(13-16)17-7-4-12-20-17/h3-7,12-13,15H,2,8-11H2,1H3. The molecule has 0 radical (unpaired) electrons. The van der Waals surface area contributed by atoms with E-state index in [4.69, 9.17) is 4.74 Å².